The fourth-order valence-corrected chi connectivity index (χ4v) is 0.546. The van der Waals surface area contributed by atoms with E-state index in [-0.39, 0.29) is 6.29 Å². The molecule has 0 aliphatic heterocycles. The summed E-state index contributed by atoms with van der Waals surface area (Å²) in [7, 11) is 0. The van der Waals surface area contributed by atoms with Crippen molar-refractivity contribution >= 4 is 6.29 Å². The van der Waals surface area contributed by atoms with Crippen LogP contribution < -0.4 is 0 Å². The Morgan fingerprint density at radius 3 is 2.08 bits per heavy atom. The van der Waals surface area contributed by atoms with Crippen molar-refractivity contribution in [3.05, 3.63) is 0 Å². The maximum atomic E-state index is 9.96. The number of carbonyl (C=O) groups is 1. The van der Waals surface area contributed by atoms with Crippen molar-refractivity contribution in [2.75, 3.05) is 6.56 Å². The molecule has 0 fully saturated rings. The molecule has 0 rings (SSSR count). The number of hydrogen-bond acceptors (Lipinski definition) is 6. The van der Waals surface area contributed by atoms with Gasteiger partial charge in [0.25, 0.3) is 0 Å². The van der Waals surface area contributed by atoms with Gasteiger partial charge in [0.15, 0.2) is 6.29 Å². The summed E-state index contributed by atoms with van der Waals surface area (Å²) < 4.78 is 13.2. The number of rotatable bonds is 5. The van der Waals surface area contributed by atoms with Crippen LogP contribution in [0.15, 0.2) is 0 Å². The Hall–Kier alpha value is -0.530. The molecule has 6 heteroatoms. The standard InChI is InChI=1S/C6H12O6/c7-1-3(9)5(11)6(12)4(10)2-8/h1,3-6,8-12H,2H2/t3-,4-,5-,6-/m1/s1/i2D2. The van der Waals surface area contributed by atoms with Gasteiger partial charge >= 0.3 is 0 Å². The molecule has 0 unspecified atom stereocenters. The predicted octanol–water partition coefficient (Wildman–Crippen LogP) is -3.38. The molecule has 0 amide bonds. The monoisotopic (exact) mass is 182 g/mol. The van der Waals surface area contributed by atoms with Gasteiger partial charge in [-0.1, -0.05) is 0 Å². The Bertz CT molecular complexity index is 193. The summed E-state index contributed by atoms with van der Waals surface area (Å²) >= 11 is 0. The van der Waals surface area contributed by atoms with Crippen molar-refractivity contribution in [3.63, 3.8) is 0 Å². The average Bonchev–Trinajstić information content (AvgIpc) is 2.11. The van der Waals surface area contributed by atoms with E-state index in [0.29, 0.717) is 0 Å². The lowest BCUT2D eigenvalue weighted by molar-refractivity contribution is -0.136. The second-order valence-corrected chi connectivity index (χ2v) is 2.18. The van der Waals surface area contributed by atoms with Gasteiger partial charge in [-0.05, 0) is 0 Å². The summed E-state index contributed by atoms with van der Waals surface area (Å²) in [6.07, 6.45) is -8.61. The third-order valence-electron chi connectivity index (χ3n) is 1.30. The van der Waals surface area contributed by atoms with Crippen molar-refractivity contribution in [3.8, 4) is 0 Å². The molecule has 0 radical (unpaired) electrons. The minimum Gasteiger partial charge on any atom is -0.394 e. The van der Waals surface area contributed by atoms with E-state index in [1.54, 1.807) is 0 Å². The normalized spacial score (nSPS) is 24.8. The Morgan fingerprint density at radius 2 is 1.75 bits per heavy atom. The molecule has 0 aromatic carbocycles. The molecule has 0 bridgehead atoms. The van der Waals surface area contributed by atoms with Crippen LogP contribution in [0, 0.1) is 0 Å². The predicted molar refractivity (Wildman–Crippen MR) is 37.2 cm³/mol. The number of aliphatic hydroxyl groups is 5. The molecule has 12 heavy (non-hydrogen) atoms. The molecule has 0 heterocycles. The van der Waals surface area contributed by atoms with E-state index in [9.17, 15) is 4.79 Å². The zero-order valence-corrected chi connectivity index (χ0v) is 6.03. The first-order chi connectivity index (χ1) is 6.21. The smallest absolute Gasteiger partial charge is 0.151 e. The van der Waals surface area contributed by atoms with Gasteiger partial charge in [0.05, 0.1) is 9.30 Å². The molecule has 4 atom stereocenters. The summed E-state index contributed by atoms with van der Waals surface area (Å²) in [6, 6.07) is 0. The van der Waals surface area contributed by atoms with Crippen LogP contribution in [0.2, 0.25) is 0 Å². The fraction of sp³-hybridized carbons (Fsp3) is 0.833. The van der Waals surface area contributed by atoms with Crippen LogP contribution in [0.25, 0.3) is 0 Å². The van der Waals surface area contributed by atoms with Crippen molar-refractivity contribution < 1.29 is 33.1 Å². The minimum absolute atomic E-state index is 0.0897. The van der Waals surface area contributed by atoms with E-state index in [2.05, 4.69) is 0 Å². The first kappa shape index (κ1) is 8.09. The SMILES string of the molecule is [2H]C([2H])(O)[C@@H](O)[C@@H](O)[C@H](O)[C@H](O)C=O. The lowest BCUT2D eigenvalue weighted by Gasteiger charge is -2.22. The van der Waals surface area contributed by atoms with Gasteiger partial charge in [-0.3, -0.25) is 0 Å². The van der Waals surface area contributed by atoms with Gasteiger partial charge in [-0.2, -0.15) is 0 Å². The second-order valence-electron chi connectivity index (χ2n) is 2.18. The Balaban J connectivity index is 4.46. The fourth-order valence-electron chi connectivity index (χ4n) is 0.546. The van der Waals surface area contributed by atoms with Crippen LogP contribution in [0.1, 0.15) is 2.74 Å². The van der Waals surface area contributed by atoms with Crippen LogP contribution in [0.5, 0.6) is 0 Å². The van der Waals surface area contributed by atoms with Gasteiger partial charge in [0.2, 0.25) is 0 Å². The summed E-state index contributed by atoms with van der Waals surface area (Å²) in [6.45, 7) is -3.14. The zero-order chi connectivity index (χ0) is 11.5. The van der Waals surface area contributed by atoms with Crippen molar-refractivity contribution in [2.24, 2.45) is 0 Å². The van der Waals surface area contributed by atoms with E-state index in [1.165, 1.54) is 0 Å². The van der Waals surface area contributed by atoms with Gasteiger partial charge in [0, 0.05) is 0 Å². The molecule has 0 aromatic rings. The van der Waals surface area contributed by atoms with Crippen molar-refractivity contribution in [1.29, 1.82) is 0 Å². The van der Waals surface area contributed by atoms with E-state index < -0.39 is 31.0 Å². The van der Waals surface area contributed by atoms with Crippen molar-refractivity contribution in [1.82, 2.24) is 0 Å². The molecule has 0 saturated heterocycles. The number of aliphatic hydroxyl groups excluding tert-OH is 4. The van der Waals surface area contributed by atoms with E-state index >= 15 is 0 Å². The largest absolute Gasteiger partial charge is 0.394 e. The maximum Gasteiger partial charge on any atom is 0.151 e. The highest BCUT2D eigenvalue weighted by molar-refractivity contribution is 5.56. The molecular weight excluding hydrogens is 168 g/mol. The molecule has 0 spiro atoms. The highest BCUT2D eigenvalue weighted by Gasteiger charge is 2.29. The average molecular weight is 182 g/mol. The molecule has 5 N–H and O–H groups in total. The van der Waals surface area contributed by atoms with E-state index in [4.69, 9.17) is 28.3 Å². The minimum atomic E-state index is -3.14. The molecule has 72 valence electrons. The van der Waals surface area contributed by atoms with Crippen LogP contribution in [-0.4, -0.2) is 62.8 Å². The van der Waals surface area contributed by atoms with Crippen LogP contribution in [0.4, 0.5) is 0 Å². The highest BCUT2D eigenvalue weighted by Crippen LogP contribution is 2.02. The molecule has 0 aliphatic carbocycles. The summed E-state index contributed by atoms with van der Waals surface area (Å²) in [4.78, 5) is 9.96. The summed E-state index contributed by atoms with van der Waals surface area (Å²) in [5.41, 5.74) is 0. The molecule has 0 aliphatic rings. The molecule has 6 nitrogen and oxygen atoms in total. The highest BCUT2D eigenvalue weighted by atomic mass is 16.4. The van der Waals surface area contributed by atoms with E-state index in [1.807, 2.05) is 0 Å². The van der Waals surface area contributed by atoms with Crippen LogP contribution >= 0.6 is 0 Å². The number of carbonyl (C=O) groups excluding carboxylic acids is 1. The number of hydrogen-bond donors (Lipinski definition) is 5. The lowest BCUT2D eigenvalue weighted by atomic mass is 10.0. The maximum absolute atomic E-state index is 9.96. The van der Waals surface area contributed by atoms with E-state index in [0.717, 1.165) is 0 Å². The zero-order valence-electron chi connectivity index (χ0n) is 8.03. The Labute approximate surface area is 71.5 Å². The first-order valence-corrected chi connectivity index (χ1v) is 3.11. The molecule has 0 aromatic heterocycles. The van der Waals surface area contributed by atoms with Crippen LogP contribution in [-0.2, 0) is 4.79 Å². The summed E-state index contributed by atoms with van der Waals surface area (Å²) in [5.74, 6) is 0. The molecular formula is C6H12O6. The first-order valence-electron chi connectivity index (χ1n) is 4.11. The van der Waals surface area contributed by atoms with Gasteiger partial charge in [0.1, 0.15) is 24.4 Å². The Kier molecular flexibility index (Phi) is 3.49. The van der Waals surface area contributed by atoms with Gasteiger partial charge in [-0.15, -0.1) is 0 Å². The Morgan fingerprint density at radius 1 is 1.25 bits per heavy atom. The quantitative estimate of drug-likeness (QED) is 0.283. The molecule has 0 saturated carbocycles. The van der Waals surface area contributed by atoms with Gasteiger partial charge < -0.3 is 30.3 Å². The van der Waals surface area contributed by atoms with Crippen LogP contribution in [0.3, 0.4) is 0 Å². The van der Waals surface area contributed by atoms with Crippen molar-refractivity contribution in [2.45, 2.75) is 24.4 Å². The topological polar surface area (TPSA) is 118 Å². The number of aldehydes is 1. The second kappa shape index (κ2) is 5.18. The third kappa shape index (κ3) is 2.84. The van der Waals surface area contributed by atoms with Gasteiger partial charge in [-0.25, -0.2) is 0 Å². The third-order valence-corrected chi connectivity index (χ3v) is 1.30. The summed E-state index contributed by atoms with van der Waals surface area (Å²) in [5, 5.41) is 44.2. The lowest BCUT2D eigenvalue weighted by Crippen LogP contribution is -2.46.